The molecule has 2 aliphatic rings. The van der Waals surface area contributed by atoms with Gasteiger partial charge in [-0.1, -0.05) is 23.3 Å². The molecule has 1 fully saturated rings. The predicted octanol–water partition coefficient (Wildman–Crippen LogP) is 4.18. The van der Waals surface area contributed by atoms with Gasteiger partial charge >= 0.3 is 6.09 Å². The number of fused-ring (bicyclic) bond motifs is 5. The van der Waals surface area contributed by atoms with Gasteiger partial charge in [-0.05, 0) is 43.9 Å². The maximum Gasteiger partial charge on any atom is 0.411 e. The molecular formula is C16H19NO2. The molecule has 0 aromatic heterocycles. The van der Waals surface area contributed by atoms with Crippen LogP contribution in [0, 0.1) is 0 Å². The van der Waals surface area contributed by atoms with E-state index in [0.29, 0.717) is 11.8 Å². The van der Waals surface area contributed by atoms with E-state index in [2.05, 4.69) is 25.2 Å². The molecule has 2 bridgehead atoms. The molecule has 3 nitrogen and oxygen atoms in total. The second-order valence-corrected chi connectivity index (χ2v) is 5.56. The molecule has 0 saturated heterocycles. The van der Waals surface area contributed by atoms with Crippen molar-refractivity contribution in [1.29, 1.82) is 0 Å². The Balaban J connectivity index is 2.08. The summed E-state index contributed by atoms with van der Waals surface area (Å²) in [5.41, 5.74) is 6.60. The van der Waals surface area contributed by atoms with Crippen molar-refractivity contribution in [3.8, 4) is 0 Å². The minimum atomic E-state index is -0.394. The van der Waals surface area contributed by atoms with Gasteiger partial charge in [0, 0.05) is 17.5 Å². The molecule has 0 aliphatic heterocycles. The van der Waals surface area contributed by atoms with E-state index in [1.807, 2.05) is 12.1 Å². The largest absolute Gasteiger partial charge is 0.453 e. The molecular weight excluding hydrogens is 238 g/mol. The molecule has 1 aromatic rings. The van der Waals surface area contributed by atoms with Crippen molar-refractivity contribution < 1.29 is 9.53 Å². The van der Waals surface area contributed by atoms with Crippen LogP contribution in [-0.2, 0) is 4.74 Å². The van der Waals surface area contributed by atoms with Crippen molar-refractivity contribution in [2.75, 3.05) is 12.4 Å². The molecule has 3 heteroatoms. The van der Waals surface area contributed by atoms with Crippen molar-refractivity contribution in [3.05, 3.63) is 40.5 Å². The van der Waals surface area contributed by atoms with Gasteiger partial charge < -0.3 is 4.74 Å². The number of benzene rings is 1. The first-order valence-electron chi connectivity index (χ1n) is 6.78. The molecule has 2 aliphatic carbocycles. The zero-order chi connectivity index (χ0) is 13.6. The number of nitrogens with one attached hydrogen (secondary N) is 1. The van der Waals surface area contributed by atoms with Crippen LogP contribution in [0.2, 0.25) is 0 Å². The second-order valence-electron chi connectivity index (χ2n) is 5.56. The van der Waals surface area contributed by atoms with Gasteiger partial charge in [-0.3, -0.25) is 5.32 Å². The Morgan fingerprint density at radius 1 is 1.26 bits per heavy atom. The van der Waals surface area contributed by atoms with Crippen LogP contribution in [0.1, 0.15) is 49.7 Å². The van der Waals surface area contributed by atoms with Gasteiger partial charge in [0.2, 0.25) is 0 Å². The van der Waals surface area contributed by atoms with E-state index in [1.165, 1.54) is 36.7 Å². The number of ether oxygens (including phenoxy) is 1. The SMILES string of the molecule is COC(=O)Nc1cccc2c1C1CCC2C1=C(C)C. The summed E-state index contributed by atoms with van der Waals surface area (Å²) in [5.74, 6) is 1.04. The summed E-state index contributed by atoms with van der Waals surface area (Å²) < 4.78 is 4.71. The molecule has 0 heterocycles. The Labute approximate surface area is 113 Å². The summed E-state index contributed by atoms with van der Waals surface area (Å²) >= 11 is 0. The average molecular weight is 257 g/mol. The molecule has 100 valence electrons. The predicted molar refractivity (Wildman–Crippen MR) is 75.6 cm³/mol. The summed E-state index contributed by atoms with van der Waals surface area (Å²) in [7, 11) is 1.40. The Morgan fingerprint density at radius 3 is 2.68 bits per heavy atom. The highest BCUT2D eigenvalue weighted by Crippen LogP contribution is 2.59. The van der Waals surface area contributed by atoms with Crippen molar-refractivity contribution >= 4 is 11.8 Å². The fourth-order valence-electron chi connectivity index (χ4n) is 3.75. The molecule has 1 saturated carbocycles. The summed E-state index contributed by atoms with van der Waals surface area (Å²) in [6.45, 7) is 4.39. The highest BCUT2D eigenvalue weighted by atomic mass is 16.5. The van der Waals surface area contributed by atoms with Gasteiger partial charge in [0.05, 0.1) is 7.11 Å². The maximum atomic E-state index is 11.5. The lowest BCUT2D eigenvalue weighted by molar-refractivity contribution is 0.187. The molecule has 1 N–H and O–H groups in total. The Kier molecular flexibility index (Phi) is 2.85. The first-order valence-corrected chi connectivity index (χ1v) is 6.78. The van der Waals surface area contributed by atoms with Gasteiger partial charge in [-0.2, -0.15) is 0 Å². The zero-order valence-electron chi connectivity index (χ0n) is 11.6. The molecule has 2 atom stereocenters. The van der Waals surface area contributed by atoms with E-state index in [4.69, 9.17) is 4.74 Å². The third-order valence-corrected chi connectivity index (χ3v) is 4.36. The topological polar surface area (TPSA) is 38.3 Å². The van der Waals surface area contributed by atoms with Crippen LogP contribution in [0.4, 0.5) is 10.5 Å². The van der Waals surface area contributed by atoms with Crippen molar-refractivity contribution in [3.63, 3.8) is 0 Å². The van der Waals surface area contributed by atoms with Gasteiger partial charge in [0.15, 0.2) is 0 Å². The summed E-state index contributed by atoms with van der Waals surface area (Å²) in [5, 5.41) is 2.85. The van der Waals surface area contributed by atoms with Crippen molar-refractivity contribution in [1.82, 2.24) is 0 Å². The number of carbonyl (C=O) groups is 1. The van der Waals surface area contributed by atoms with Crippen LogP contribution in [0.15, 0.2) is 29.3 Å². The second kappa shape index (κ2) is 4.41. The Bertz CT molecular complexity index is 570. The molecule has 1 amide bonds. The fraction of sp³-hybridized carbons (Fsp3) is 0.438. The van der Waals surface area contributed by atoms with Crippen molar-refractivity contribution in [2.24, 2.45) is 0 Å². The number of anilines is 1. The van der Waals surface area contributed by atoms with E-state index < -0.39 is 6.09 Å². The lowest BCUT2D eigenvalue weighted by atomic mass is 9.90. The molecule has 19 heavy (non-hydrogen) atoms. The molecule has 2 unspecified atom stereocenters. The van der Waals surface area contributed by atoms with Crippen molar-refractivity contribution in [2.45, 2.75) is 38.5 Å². The van der Waals surface area contributed by atoms with Crippen LogP contribution in [0.3, 0.4) is 0 Å². The number of hydrogen-bond acceptors (Lipinski definition) is 2. The Hall–Kier alpha value is -1.77. The number of allylic oxidation sites excluding steroid dienone is 2. The average Bonchev–Trinajstić information content (AvgIpc) is 2.95. The molecule has 3 rings (SSSR count). The van der Waals surface area contributed by atoms with Gasteiger partial charge in [-0.15, -0.1) is 0 Å². The third-order valence-electron chi connectivity index (χ3n) is 4.36. The van der Waals surface area contributed by atoms with E-state index >= 15 is 0 Å². The summed E-state index contributed by atoms with van der Waals surface area (Å²) in [6, 6.07) is 6.19. The van der Waals surface area contributed by atoms with Crippen LogP contribution < -0.4 is 5.32 Å². The van der Waals surface area contributed by atoms with Gasteiger partial charge in [0.1, 0.15) is 0 Å². The number of carbonyl (C=O) groups excluding carboxylic acids is 1. The lowest BCUT2D eigenvalue weighted by Gasteiger charge is -2.18. The number of methoxy groups -OCH3 is 1. The third kappa shape index (κ3) is 1.76. The minimum absolute atomic E-state index is 0.394. The quantitative estimate of drug-likeness (QED) is 0.766. The van der Waals surface area contributed by atoms with E-state index in [9.17, 15) is 4.79 Å². The Morgan fingerprint density at radius 2 is 2.00 bits per heavy atom. The smallest absolute Gasteiger partial charge is 0.411 e. The first-order chi connectivity index (χ1) is 9.13. The van der Waals surface area contributed by atoms with Crippen LogP contribution in [0.25, 0.3) is 0 Å². The van der Waals surface area contributed by atoms with Gasteiger partial charge in [-0.25, -0.2) is 4.79 Å². The van der Waals surface area contributed by atoms with Crippen LogP contribution in [-0.4, -0.2) is 13.2 Å². The number of rotatable bonds is 1. The van der Waals surface area contributed by atoms with E-state index in [0.717, 1.165) is 5.69 Å². The standard InChI is InChI=1S/C16H19NO2/c1-9(2)14-11-7-8-12(14)15-10(11)5-4-6-13(15)17-16(18)19-3/h4-6,11-12H,7-8H2,1-3H3,(H,17,18). The fourth-order valence-corrected chi connectivity index (χ4v) is 3.75. The summed E-state index contributed by atoms with van der Waals surface area (Å²) in [4.78, 5) is 11.5. The molecule has 1 aromatic carbocycles. The summed E-state index contributed by atoms with van der Waals surface area (Å²) in [6.07, 6.45) is 2.03. The van der Waals surface area contributed by atoms with Crippen LogP contribution in [0.5, 0.6) is 0 Å². The number of hydrogen-bond donors (Lipinski definition) is 1. The zero-order valence-corrected chi connectivity index (χ0v) is 11.6. The monoisotopic (exact) mass is 257 g/mol. The van der Waals surface area contributed by atoms with E-state index in [1.54, 1.807) is 5.57 Å². The molecule has 0 spiro atoms. The van der Waals surface area contributed by atoms with Crippen LogP contribution >= 0.6 is 0 Å². The first kappa shape index (κ1) is 12.3. The van der Waals surface area contributed by atoms with Gasteiger partial charge in [0.25, 0.3) is 0 Å². The maximum absolute atomic E-state index is 11.5. The molecule has 0 radical (unpaired) electrons. The lowest BCUT2D eigenvalue weighted by Crippen LogP contribution is -2.14. The highest BCUT2D eigenvalue weighted by Gasteiger charge is 2.43. The normalized spacial score (nSPS) is 23.2. The van der Waals surface area contributed by atoms with E-state index in [-0.39, 0.29) is 0 Å². The number of amides is 1. The highest BCUT2D eigenvalue weighted by molar-refractivity contribution is 5.87. The minimum Gasteiger partial charge on any atom is -0.453 e.